The van der Waals surface area contributed by atoms with Crippen LogP contribution < -0.4 is 0 Å². The van der Waals surface area contributed by atoms with E-state index < -0.39 is 11.7 Å². The zero-order valence-electron chi connectivity index (χ0n) is 47.6. The van der Waals surface area contributed by atoms with Crippen molar-refractivity contribution in [2.24, 2.45) is 0 Å². The quantitative estimate of drug-likeness (QED) is 0.140. The number of halogens is 3. The first kappa shape index (κ1) is 56.4. The van der Waals surface area contributed by atoms with Crippen LogP contribution >= 0.6 is 0 Å². The average Bonchev–Trinajstić information content (AvgIpc) is 1.62. The van der Waals surface area contributed by atoms with Crippen molar-refractivity contribution in [2.75, 3.05) is 0 Å². The molecule has 0 radical (unpaired) electrons. The van der Waals surface area contributed by atoms with Crippen LogP contribution in [0.2, 0.25) is 0 Å². The summed E-state index contributed by atoms with van der Waals surface area (Å²) < 4.78 is 50.1. The van der Waals surface area contributed by atoms with E-state index >= 15 is 13.2 Å². The van der Waals surface area contributed by atoms with Crippen molar-refractivity contribution in [3.05, 3.63) is 291 Å². The molecule has 0 spiro atoms. The lowest BCUT2D eigenvalue weighted by Crippen LogP contribution is -2.08. The van der Waals surface area contributed by atoms with E-state index in [-0.39, 0.29) is 39.3 Å². The monoisotopic (exact) mass is 1170 g/mol. The van der Waals surface area contributed by atoms with E-state index in [9.17, 15) is 21.0 Å². The highest BCUT2D eigenvalue weighted by Crippen LogP contribution is 2.48. The van der Waals surface area contributed by atoms with Gasteiger partial charge in [0.1, 0.15) is 0 Å². The Bertz CT molecular complexity index is 5530. The molecule has 14 heteroatoms. The van der Waals surface area contributed by atoms with Gasteiger partial charge in [-0.1, -0.05) is 91.0 Å². The van der Waals surface area contributed by atoms with E-state index in [2.05, 4.69) is 48.5 Å². The highest BCUT2D eigenvalue weighted by Gasteiger charge is 2.35. The van der Waals surface area contributed by atoms with E-state index in [0.717, 1.165) is 6.07 Å². The Hall–Kier alpha value is -13.8. The summed E-state index contributed by atoms with van der Waals surface area (Å²) >= 11 is 0. The van der Waals surface area contributed by atoms with Gasteiger partial charge in [-0.3, -0.25) is 0 Å². The molecule has 0 bridgehead atoms. The fourth-order valence-corrected chi connectivity index (χ4v) is 12.4. The zero-order valence-corrected chi connectivity index (χ0v) is 47.6. The van der Waals surface area contributed by atoms with Crippen LogP contribution in [0.3, 0.4) is 0 Å². The molecule has 0 N–H and O–H groups in total. The number of aromatic nitrogens is 2. The fourth-order valence-electron chi connectivity index (χ4n) is 12.4. The molecule has 0 aliphatic heterocycles. The Morgan fingerprint density at radius 1 is 0.363 bits per heavy atom. The summed E-state index contributed by atoms with van der Waals surface area (Å²) in [4.78, 5) is 18.6. The topological polar surface area (TPSA) is 127 Å². The molecule has 0 saturated carbocycles. The second-order valence-corrected chi connectivity index (χ2v) is 21.5. The molecule has 91 heavy (non-hydrogen) atoms. The molecule has 0 unspecified atom stereocenters. The van der Waals surface area contributed by atoms with Gasteiger partial charge in [0.05, 0.1) is 90.5 Å². The van der Waals surface area contributed by atoms with Gasteiger partial charge in [-0.15, -0.1) is 0 Å². The Balaban J connectivity index is 1.14. The SMILES string of the molecule is [C-]#[N+]c1ccc(-c2ccc3c(c2)c2cc(-c4ccc(C#N)cc4[N+]#[C-])ccc2n3-c2ccc(-c3c(C)cccc3C(F)(F)F)cc2-c2ccc([N+]#[C-])cc2-n2c3ccc(-c4ccc([N+]#[C-])cc4C#N)cc3c3cc(-c4ccc(C#N)cc4[N+]#[C-])ccc32)c(C#N)c1. The number of benzene rings is 11. The summed E-state index contributed by atoms with van der Waals surface area (Å²) in [6.07, 6.45) is -4.75. The molecule has 13 aromatic rings. The summed E-state index contributed by atoms with van der Waals surface area (Å²) in [6, 6.07) is 65.7. The molecule has 0 aliphatic carbocycles. The molecular weight excluding hydrogens is 1140 g/mol. The Kier molecular flexibility index (Phi) is 13.8. The number of aryl methyl sites for hydroxylation is 1. The van der Waals surface area contributed by atoms with Gasteiger partial charge in [0.25, 0.3) is 0 Å². The number of nitriles is 4. The molecule has 11 nitrogen and oxygen atoms in total. The standard InChI is InChI=1S/C77H36F3N11/c1-44-8-7-9-67(77(78,79)80)76(44)51-16-29-70(90-71-25-12-47(57-22-17-54(85-2)32-52(57)42-83)34-63(71)65-36-49(14-27-72(65)90)59-20-10-45(40-81)30-68(59)88-5)62(38-51)61-24-19-56(87-4)39-75(61)91-73-26-13-48(58-23-18-55(86-3)33-53(58)43-84)35-64(73)66-37-50(15-28-74(66)91)60-21-11-46(41-82)31-69(60)89-6/h7-39H,1H3. The van der Waals surface area contributed by atoms with Crippen molar-refractivity contribution < 1.29 is 13.2 Å². The van der Waals surface area contributed by atoms with E-state index in [1.54, 1.807) is 97.9 Å². The van der Waals surface area contributed by atoms with Gasteiger partial charge in [0, 0.05) is 60.6 Å². The lowest BCUT2D eigenvalue weighted by Gasteiger charge is -2.22. The smallest absolute Gasteiger partial charge is 0.310 e. The van der Waals surface area contributed by atoms with Crippen molar-refractivity contribution in [3.63, 3.8) is 0 Å². The van der Waals surface area contributed by atoms with Crippen molar-refractivity contribution in [3.8, 4) is 102 Å². The Morgan fingerprint density at radius 3 is 1.19 bits per heavy atom. The predicted molar refractivity (Wildman–Crippen MR) is 348 cm³/mol. The van der Waals surface area contributed by atoms with E-state index in [1.165, 1.54) is 30.3 Å². The van der Waals surface area contributed by atoms with Crippen LogP contribution in [0, 0.1) is 85.1 Å². The summed E-state index contributed by atoms with van der Waals surface area (Å²) in [6.45, 7) is 41.6. The van der Waals surface area contributed by atoms with Crippen LogP contribution in [-0.4, -0.2) is 9.13 Å². The zero-order chi connectivity index (χ0) is 63.4. The molecule has 420 valence electrons. The maximum absolute atomic E-state index is 15.4. The van der Waals surface area contributed by atoms with Crippen LogP contribution in [0.4, 0.5) is 41.6 Å². The van der Waals surface area contributed by atoms with Crippen molar-refractivity contribution in [1.82, 2.24) is 9.13 Å². The molecule has 2 aromatic heterocycles. The fraction of sp³-hybridized carbons (Fsp3) is 0.0260. The van der Waals surface area contributed by atoms with Crippen molar-refractivity contribution in [1.29, 1.82) is 21.0 Å². The number of hydrogen-bond donors (Lipinski definition) is 0. The van der Waals surface area contributed by atoms with E-state index in [1.807, 2.05) is 81.9 Å². The highest BCUT2D eigenvalue weighted by atomic mass is 19.4. The molecule has 13 rings (SSSR count). The summed E-state index contributed by atoms with van der Waals surface area (Å²) in [7, 11) is 0. The Labute approximate surface area is 519 Å². The molecule has 0 saturated heterocycles. The molecule has 0 fully saturated rings. The third-order valence-electron chi connectivity index (χ3n) is 16.5. The first-order chi connectivity index (χ1) is 44.2. The maximum Gasteiger partial charge on any atom is 0.417 e. The van der Waals surface area contributed by atoms with Crippen LogP contribution in [0.5, 0.6) is 0 Å². The molecular formula is C77H36F3N11. The number of rotatable bonds is 8. The molecule has 0 amide bonds. The van der Waals surface area contributed by atoms with Crippen LogP contribution in [0.1, 0.15) is 33.4 Å². The third-order valence-corrected chi connectivity index (χ3v) is 16.5. The van der Waals surface area contributed by atoms with Gasteiger partial charge in [0.15, 0.2) is 28.4 Å². The van der Waals surface area contributed by atoms with E-state index in [0.29, 0.717) is 139 Å². The largest absolute Gasteiger partial charge is 0.417 e. The molecule has 11 aromatic carbocycles. The van der Waals surface area contributed by atoms with E-state index in [4.69, 9.17) is 32.9 Å². The van der Waals surface area contributed by atoms with Crippen LogP contribution in [-0.2, 0) is 6.18 Å². The normalized spacial score (nSPS) is 11.0. The number of alkyl halides is 3. The van der Waals surface area contributed by atoms with Gasteiger partial charge < -0.3 is 9.13 Å². The highest BCUT2D eigenvalue weighted by molar-refractivity contribution is 6.15. The predicted octanol–water partition coefficient (Wildman–Crippen LogP) is 21.5. The minimum atomic E-state index is -4.75. The van der Waals surface area contributed by atoms with Gasteiger partial charge >= 0.3 is 6.18 Å². The van der Waals surface area contributed by atoms with Gasteiger partial charge in [-0.25, -0.2) is 24.2 Å². The molecule has 2 heterocycles. The lowest BCUT2D eigenvalue weighted by molar-refractivity contribution is -0.137. The third kappa shape index (κ3) is 9.50. The van der Waals surface area contributed by atoms with Gasteiger partial charge in [-0.2, -0.15) is 34.2 Å². The summed E-state index contributed by atoms with van der Waals surface area (Å²) in [5.74, 6) is 0. The van der Waals surface area contributed by atoms with Gasteiger partial charge in [-0.05, 0) is 177 Å². The van der Waals surface area contributed by atoms with Crippen LogP contribution in [0.25, 0.3) is 146 Å². The molecule has 0 atom stereocenters. The second kappa shape index (κ2) is 22.3. The summed E-state index contributed by atoms with van der Waals surface area (Å²) in [5.41, 5.74) is 11.7. The second-order valence-electron chi connectivity index (χ2n) is 21.5. The first-order valence-electron chi connectivity index (χ1n) is 27.9. The number of nitrogens with zero attached hydrogens (tertiary/aromatic N) is 11. The summed E-state index contributed by atoms with van der Waals surface area (Å²) in [5, 5.41) is 43.2. The first-order valence-corrected chi connectivity index (χ1v) is 27.9. The lowest BCUT2D eigenvalue weighted by atomic mass is 9.90. The average molecular weight is 1170 g/mol. The maximum atomic E-state index is 15.4. The number of hydrogen-bond acceptors (Lipinski definition) is 4. The van der Waals surface area contributed by atoms with Gasteiger partial charge in [0.2, 0.25) is 0 Å². The minimum Gasteiger partial charge on any atom is -0.310 e. The number of fused-ring (bicyclic) bond motifs is 6. The van der Waals surface area contributed by atoms with Crippen molar-refractivity contribution in [2.45, 2.75) is 13.1 Å². The Morgan fingerprint density at radius 2 is 0.769 bits per heavy atom. The minimum absolute atomic E-state index is 0.0335. The molecule has 0 aliphatic rings. The van der Waals surface area contributed by atoms with Crippen molar-refractivity contribution >= 4 is 72.0 Å². The van der Waals surface area contributed by atoms with Crippen LogP contribution in [0.15, 0.2) is 200 Å².